The van der Waals surface area contributed by atoms with E-state index in [-0.39, 0.29) is 32.2 Å². The third-order valence-corrected chi connectivity index (χ3v) is 14.8. The number of benzene rings is 7. The molecule has 0 saturated heterocycles. The van der Waals surface area contributed by atoms with Crippen LogP contribution < -0.4 is 0 Å². The van der Waals surface area contributed by atoms with Crippen LogP contribution in [0.15, 0.2) is 170 Å². The number of hydrogen-bond donors (Lipinski definition) is 1. The van der Waals surface area contributed by atoms with Crippen LogP contribution in [0.5, 0.6) is 5.75 Å². The van der Waals surface area contributed by atoms with Crippen LogP contribution in [0.3, 0.4) is 0 Å². The van der Waals surface area contributed by atoms with Gasteiger partial charge in [-0.2, -0.15) is 0 Å². The first-order valence-corrected chi connectivity index (χ1v) is 25.0. The fourth-order valence-electron chi connectivity index (χ4n) is 11.0. The first-order valence-electron chi connectivity index (χ1n) is 25.0. The molecule has 2 aliphatic rings. The Bertz CT molecular complexity index is 3230. The summed E-state index contributed by atoms with van der Waals surface area (Å²) in [5, 5.41) is 12.4. The Morgan fingerprint density at radius 3 is 1.96 bits per heavy atom. The molecule has 0 radical (unpaired) electrons. The van der Waals surface area contributed by atoms with Crippen LogP contribution in [0.1, 0.15) is 101 Å². The maximum Gasteiger partial charge on any atom is 0.148 e. The Labute approximate surface area is 422 Å². The van der Waals surface area contributed by atoms with Gasteiger partial charge in [0.15, 0.2) is 0 Å². The molecule has 2 saturated carbocycles. The van der Waals surface area contributed by atoms with Crippen LogP contribution in [0.4, 0.5) is 0 Å². The second kappa shape index (κ2) is 19.9. The molecule has 348 valence electrons. The molecule has 0 amide bonds. The number of fused-ring (bicyclic) bond motifs is 1. The minimum absolute atomic E-state index is 0. The number of rotatable bonds is 10. The van der Waals surface area contributed by atoms with Crippen molar-refractivity contribution in [2.75, 3.05) is 0 Å². The standard InChI is InChI=1S/C64H60N3O.Pt/c1-64(2,3)53-40-51(39-52(41-53)58-42-50(35-36-65-58)47-32-30-46(31-33-47)45-19-7-4-8-20-45)54-25-16-28-60-61(54)66-63(56-27-15-26-55(62(56)68)48-21-9-5-10-22-48)67(60)59-34-29-44(37-43-17-13-14-18-43)38-57(59)49-23-11-6-12-24-49;/h5-6,9-12,15-16,21-36,38,40-43,45,68H,4,7-8,13-14,17-20,37H2,1-3H3;/q-1;. The predicted molar refractivity (Wildman–Crippen MR) is 282 cm³/mol. The fourth-order valence-corrected chi connectivity index (χ4v) is 11.0. The molecule has 0 atom stereocenters. The van der Waals surface area contributed by atoms with E-state index in [0.29, 0.717) is 17.3 Å². The summed E-state index contributed by atoms with van der Waals surface area (Å²) in [6.07, 6.45) is 14.9. The number of imidazole rings is 1. The van der Waals surface area contributed by atoms with E-state index in [4.69, 9.17) is 9.97 Å². The van der Waals surface area contributed by atoms with E-state index in [1.807, 2.05) is 54.7 Å². The normalized spacial score (nSPS) is 14.5. The Morgan fingerprint density at radius 1 is 0.580 bits per heavy atom. The van der Waals surface area contributed by atoms with Crippen LogP contribution >= 0.6 is 0 Å². The maximum absolute atomic E-state index is 12.4. The first-order chi connectivity index (χ1) is 33.2. The summed E-state index contributed by atoms with van der Waals surface area (Å²) in [6.45, 7) is 6.81. The Balaban J connectivity index is 0.00000553. The molecule has 9 aromatic rings. The molecule has 2 aliphatic carbocycles. The SMILES string of the molecule is CC(C)(C)c1cc(-c2cc(-c3ccc(C4CCCCC4)cc3)ccn2)[c-]c(-c2cccc3c2nc(-c2cccc(-c4ccccc4)c2O)n3-c2ccc(CC3CCCC3)cc2-c2ccccc2)c1.[Pt]. The average Bonchev–Trinajstić information content (AvgIpc) is 4.05. The monoisotopic (exact) mass is 1080 g/mol. The van der Waals surface area contributed by atoms with E-state index in [1.54, 1.807) is 0 Å². The number of nitrogens with zero attached hydrogens (tertiary/aromatic N) is 3. The number of phenolic OH excluding ortho intramolecular Hbond substituents is 1. The maximum atomic E-state index is 12.4. The zero-order chi connectivity index (χ0) is 46.2. The van der Waals surface area contributed by atoms with Gasteiger partial charge in [-0.05, 0) is 100 Å². The molecule has 1 N–H and O–H groups in total. The summed E-state index contributed by atoms with van der Waals surface area (Å²) in [7, 11) is 0. The largest absolute Gasteiger partial charge is 0.507 e. The first kappa shape index (κ1) is 46.4. The second-order valence-corrected chi connectivity index (χ2v) is 20.4. The van der Waals surface area contributed by atoms with Gasteiger partial charge in [0.25, 0.3) is 0 Å². The van der Waals surface area contributed by atoms with Crippen molar-refractivity contribution in [1.29, 1.82) is 0 Å². The average molecular weight is 1080 g/mol. The second-order valence-electron chi connectivity index (χ2n) is 20.4. The van der Waals surface area contributed by atoms with Crippen molar-refractivity contribution < 1.29 is 26.2 Å². The molecule has 0 unspecified atom stereocenters. The number of aromatic nitrogens is 3. The Morgan fingerprint density at radius 2 is 1.23 bits per heavy atom. The van der Waals surface area contributed by atoms with Gasteiger partial charge in [-0.1, -0.05) is 198 Å². The Kier molecular flexibility index (Phi) is 13.4. The molecule has 0 bridgehead atoms. The molecular weight excluding hydrogens is 1020 g/mol. The van der Waals surface area contributed by atoms with Crippen molar-refractivity contribution in [3.05, 3.63) is 193 Å². The van der Waals surface area contributed by atoms with Crippen molar-refractivity contribution in [2.24, 2.45) is 5.92 Å². The zero-order valence-corrected chi connectivity index (χ0v) is 42.3. The summed E-state index contributed by atoms with van der Waals surface area (Å²) >= 11 is 0. The van der Waals surface area contributed by atoms with Gasteiger partial charge in [-0.15, -0.1) is 29.3 Å². The molecule has 2 heterocycles. The van der Waals surface area contributed by atoms with Crippen LogP contribution in [-0.2, 0) is 32.9 Å². The fraction of sp³-hybridized carbons (Fsp3) is 0.250. The van der Waals surface area contributed by atoms with E-state index in [2.05, 4.69) is 147 Å². The topological polar surface area (TPSA) is 50.9 Å². The van der Waals surface area contributed by atoms with Crippen LogP contribution in [0.2, 0.25) is 0 Å². The van der Waals surface area contributed by atoms with E-state index in [1.165, 1.54) is 80.0 Å². The molecule has 11 rings (SSSR count). The van der Waals surface area contributed by atoms with Crippen molar-refractivity contribution in [3.63, 3.8) is 0 Å². The van der Waals surface area contributed by atoms with Gasteiger partial charge in [0.1, 0.15) is 11.6 Å². The summed E-state index contributed by atoms with van der Waals surface area (Å²) in [5.41, 5.74) is 17.5. The number of pyridine rings is 1. The number of aromatic hydroxyl groups is 1. The third-order valence-electron chi connectivity index (χ3n) is 14.8. The van der Waals surface area contributed by atoms with Crippen molar-refractivity contribution >= 4 is 11.0 Å². The van der Waals surface area contributed by atoms with Crippen LogP contribution in [0, 0.1) is 12.0 Å². The number of phenols is 1. The van der Waals surface area contributed by atoms with Gasteiger partial charge in [-0.25, -0.2) is 4.98 Å². The van der Waals surface area contributed by atoms with Crippen molar-refractivity contribution in [3.8, 4) is 78.6 Å². The van der Waals surface area contributed by atoms with Gasteiger partial charge in [0, 0.05) is 44.1 Å². The van der Waals surface area contributed by atoms with Crippen LogP contribution in [-0.4, -0.2) is 19.6 Å². The van der Waals surface area contributed by atoms with Crippen molar-refractivity contribution in [1.82, 2.24) is 14.5 Å². The van der Waals surface area contributed by atoms with Crippen LogP contribution in [0.25, 0.3) is 83.9 Å². The van der Waals surface area contributed by atoms with Gasteiger partial charge >= 0.3 is 0 Å². The number of hydrogen-bond acceptors (Lipinski definition) is 3. The molecule has 2 aromatic heterocycles. The van der Waals surface area contributed by atoms with E-state index < -0.39 is 0 Å². The van der Waals surface area contributed by atoms with E-state index in [9.17, 15) is 5.11 Å². The predicted octanol–water partition coefficient (Wildman–Crippen LogP) is 17.0. The smallest absolute Gasteiger partial charge is 0.148 e. The minimum Gasteiger partial charge on any atom is -0.507 e. The summed E-state index contributed by atoms with van der Waals surface area (Å²) in [6, 6.07) is 62.4. The minimum atomic E-state index is -0.155. The molecule has 0 aliphatic heterocycles. The number of para-hydroxylation sites is 2. The van der Waals surface area contributed by atoms with E-state index >= 15 is 0 Å². The quantitative estimate of drug-likeness (QED) is 0.139. The molecule has 7 aromatic carbocycles. The molecule has 69 heavy (non-hydrogen) atoms. The molecule has 5 heteroatoms. The summed E-state index contributed by atoms with van der Waals surface area (Å²) in [5.74, 6) is 2.27. The molecular formula is C64H60N3OPt-. The Hall–Kier alpha value is -6.35. The summed E-state index contributed by atoms with van der Waals surface area (Å²) in [4.78, 5) is 10.6. The van der Waals surface area contributed by atoms with Gasteiger partial charge in [-0.3, -0.25) is 9.55 Å². The molecule has 2 fully saturated rings. The third kappa shape index (κ3) is 9.54. The summed E-state index contributed by atoms with van der Waals surface area (Å²) < 4.78 is 2.28. The molecule has 0 spiro atoms. The van der Waals surface area contributed by atoms with Gasteiger partial charge in [0.05, 0.1) is 22.3 Å². The van der Waals surface area contributed by atoms with Gasteiger partial charge in [0.2, 0.25) is 0 Å². The van der Waals surface area contributed by atoms with Gasteiger partial charge < -0.3 is 5.11 Å². The van der Waals surface area contributed by atoms with Crippen molar-refractivity contribution in [2.45, 2.75) is 96.3 Å². The zero-order valence-electron chi connectivity index (χ0n) is 40.0. The van der Waals surface area contributed by atoms with E-state index in [0.717, 1.165) is 79.3 Å². The molecule has 4 nitrogen and oxygen atoms in total.